The number of anilines is 1. The molecule has 2 rings (SSSR count). The Kier molecular flexibility index (Phi) is 3.52. The highest BCUT2D eigenvalue weighted by molar-refractivity contribution is 7.22. The lowest BCUT2D eigenvalue weighted by atomic mass is 10.0. The second kappa shape index (κ2) is 4.94. The molecule has 5 heteroatoms. The quantitative estimate of drug-likeness (QED) is 0.890. The molecule has 18 heavy (non-hydrogen) atoms. The van der Waals surface area contributed by atoms with E-state index in [1.807, 2.05) is 32.9 Å². The lowest BCUT2D eigenvalue weighted by Gasteiger charge is -2.17. The number of aryl methyl sites for hydroxylation is 1. The van der Waals surface area contributed by atoms with Crippen LogP contribution in [-0.2, 0) is 4.79 Å². The maximum absolute atomic E-state index is 11.4. The minimum Gasteiger partial charge on any atom is -0.368 e. The third-order valence-electron chi connectivity index (χ3n) is 2.80. The Hall–Kier alpha value is -1.62. The van der Waals surface area contributed by atoms with Crippen molar-refractivity contribution in [3.8, 4) is 0 Å². The summed E-state index contributed by atoms with van der Waals surface area (Å²) >= 11 is 1.54. The zero-order chi connectivity index (χ0) is 13.3. The van der Waals surface area contributed by atoms with Gasteiger partial charge >= 0.3 is 0 Å². The molecule has 0 fully saturated rings. The molecule has 0 aliphatic rings. The molecule has 2 aromatic rings. The summed E-state index contributed by atoms with van der Waals surface area (Å²) < 4.78 is 1.12. The number of benzene rings is 1. The van der Waals surface area contributed by atoms with Gasteiger partial charge in [-0.05, 0) is 30.5 Å². The number of hydrogen-bond donors (Lipinski definition) is 2. The summed E-state index contributed by atoms with van der Waals surface area (Å²) in [5.41, 5.74) is 7.53. The SMILES string of the molecule is Cc1ccc2nc(NC(C(N)=O)C(C)C)sc2c1. The van der Waals surface area contributed by atoms with E-state index in [1.165, 1.54) is 5.56 Å². The third kappa shape index (κ3) is 2.61. The van der Waals surface area contributed by atoms with E-state index in [0.717, 1.165) is 15.3 Å². The molecule has 1 unspecified atom stereocenters. The number of carbonyl (C=O) groups excluding carboxylic acids is 1. The summed E-state index contributed by atoms with van der Waals surface area (Å²) in [6.07, 6.45) is 0. The number of aromatic nitrogens is 1. The smallest absolute Gasteiger partial charge is 0.240 e. The fourth-order valence-corrected chi connectivity index (χ4v) is 2.79. The zero-order valence-corrected chi connectivity index (χ0v) is 11.5. The van der Waals surface area contributed by atoms with E-state index in [-0.39, 0.29) is 17.9 Å². The van der Waals surface area contributed by atoms with Crippen LogP contribution < -0.4 is 11.1 Å². The van der Waals surface area contributed by atoms with Crippen LogP contribution in [-0.4, -0.2) is 16.9 Å². The first-order valence-electron chi connectivity index (χ1n) is 5.90. The van der Waals surface area contributed by atoms with Crippen molar-refractivity contribution in [1.29, 1.82) is 0 Å². The Bertz CT molecular complexity index is 577. The number of hydrogen-bond acceptors (Lipinski definition) is 4. The number of primary amides is 1. The Morgan fingerprint density at radius 2 is 2.17 bits per heavy atom. The largest absolute Gasteiger partial charge is 0.368 e. The molecule has 0 aliphatic heterocycles. The van der Waals surface area contributed by atoms with Crippen LogP contribution in [0.1, 0.15) is 19.4 Å². The number of rotatable bonds is 4. The fraction of sp³-hybridized carbons (Fsp3) is 0.385. The molecule has 4 nitrogen and oxygen atoms in total. The van der Waals surface area contributed by atoms with Crippen LogP contribution >= 0.6 is 11.3 Å². The van der Waals surface area contributed by atoms with Crippen molar-refractivity contribution in [3.05, 3.63) is 23.8 Å². The van der Waals surface area contributed by atoms with Gasteiger partial charge in [0.05, 0.1) is 10.2 Å². The molecule has 1 atom stereocenters. The van der Waals surface area contributed by atoms with Gasteiger partial charge in [0.25, 0.3) is 0 Å². The molecule has 1 amide bonds. The Labute approximate surface area is 110 Å². The Morgan fingerprint density at radius 1 is 1.44 bits per heavy atom. The maximum Gasteiger partial charge on any atom is 0.240 e. The van der Waals surface area contributed by atoms with Gasteiger partial charge in [0, 0.05) is 0 Å². The van der Waals surface area contributed by atoms with Crippen molar-refractivity contribution in [2.75, 3.05) is 5.32 Å². The molecule has 1 aromatic carbocycles. The number of nitrogens with two attached hydrogens (primary N) is 1. The molecular weight excluding hydrogens is 246 g/mol. The molecule has 0 saturated carbocycles. The standard InChI is InChI=1S/C13H17N3OS/c1-7(2)11(12(14)17)16-13-15-9-5-4-8(3)6-10(9)18-13/h4-7,11H,1-3H3,(H2,14,17)(H,15,16). The molecule has 96 valence electrons. The lowest BCUT2D eigenvalue weighted by molar-refractivity contribution is -0.119. The van der Waals surface area contributed by atoms with Gasteiger partial charge in [-0.15, -0.1) is 0 Å². The molecule has 0 spiro atoms. The van der Waals surface area contributed by atoms with Gasteiger partial charge in [-0.3, -0.25) is 4.79 Å². The van der Waals surface area contributed by atoms with Crippen LogP contribution in [0.25, 0.3) is 10.2 Å². The van der Waals surface area contributed by atoms with Gasteiger partial charge < -0.3 is 11.1 Å². The Morgan fingerprint density at radius 3 is 2.78 bits per heavy atom. The lowest BCUT2D eigenvalue weighted by Crippen LogP contribution is -2.39. The normalized spacial score (nSPS) is 12.9. The minimum atomic E-state index is -0.383. The number of nitrogens with one attached hydrogen (secondary N) is 1. The Balaban J connectivity index is 2.28. The predicted octanol–water partition coefficient (Wildman–Crippen LogP) is 2.53. The van der Waals surface area contributed by atoms with E-state index in [1.54, 1.807) is 11.3 Å². The summed E-state index contributed by atoms with van der Waals surface area (Å²) in [6.45, 7) is 5.96. The van der Waals surface area contributed by atoms with E-state index in [9.17, 15) is 4.79 Å². The minimum absolute atomic E-state index is 0.135. The average Bonchev–Trinajstić information content (AvgIpc) is 2.66. The summed E-state index contributed by atoms with van der Waals surface area (Å²) in [4.78, 5) is 15.8. The highest BCUT2D eigenvalue weighted by Crippen LogP contribution is 2.27. The van der Waals surface area contributed by atoms with Crippen LogP contribution in [0, 0.1) is 12.8 Å². The molecule has 0 bridgehead atoms. The van der Waals surface area contributed by atoms with Gasteiger partial charge in [-0.1, -0.05) is 31.3 Å². The molecular formula is C13H17N3OS. The molecule has 0 saturated heterocycles. The average molecular weight is 263 g/mol. The zero-order valence-electron chi connectivity index (χ0n) is 10.7. The number of carbonyl (C=O) groups is 1. The molecule has 1 heterocycles. The van der Waals surface area contributed by atoms with Gasteiger partial charge in [0.2, 0.25) is 5.91 Å². The summed E-state index contributed by atoms with van der Waals surface area (Å²) in [5.74, 6) is -0.211. The monoisotopic (exact) mass is 263 g/mol. The fourth-order valence-electron chi connectivity index (χ4n) is 1.79. The van der Waals surface area contributed by atoms with Crippen molar-refractivity contribution in [1.82, 2.24) is 4.98 Å². The third-order valence-corrected chi connectivity index (χ3v) is 3.75. The summed E-state index contributed by atoms with van der Waals surface area (Å²) in [7, 11) is 0. The van der Waals surface area contributed by atoms with Gasteiger partial charge in [-0.25, -0.2) is 4.98 Å². The van der Waals surface area contributed by atoms with Crippen LogP contribution in [0.15, 0.2) is 18.2 Å². The van der Waals surface area contributed by atoms with Gasteiger partial charge in [0.1, 0.15) is 6.04 Å². The van der Waals surface area contributed by atoms with Crippen LogP contribution in [0.2, 0.25) is 0 Å². The predicted molar refractivity (Wildman–Crippen MR) is 75.8 cm³/mol. The first kappa shape index (κ1) is 12.8. The highest BCUT2D eigenvalue weighted by Gasteiger charge is 2.20. The van der Waals surface area contributed by atoms with E-state index in [2.05, 4.69) is 16.4 Å². The molecule has 3 N–H and O–H groups in total. The topological polar surface area (TPSA) is 68.0 Å². The first-order chi connectivity index (χ1) is 8.47. The van der Waals surface area contributed by atoms with Crippen LogP contribution in [0.3, 0.4) is 0 Å². The van der Waals surface area contributed by atoms with E-state index < -0.39 is 0 Å². The van der Waals surface area contributed by atoms with Crippen molar-refractivity contribution in [3.63, 3.8) is 0 Å². The van der Waals surface area contributed by atoms with Crippen LogP contribution in [0.5, 0.6) is 0 Å². The van der Waals surface area contributed by atoms with E-state index in [4.69, 9.17) is 5.73 Å². The number of thiazole rings is 1. The van der Waals surface area contributed by atoms with Crippen molar-refractivity contribution in [2.45, 2.75) is 26.8 Å². The van der Waals surface area contributed by atoms with Gasteiger partial charge in [-0.2, -0.15) is 0 Å². The second-order valence-electron chi connectivity index (χ2n) is 4.76. The molecule has 1 aromatic heterocycles. The number of fused-ring (bicyclic) bond motifs is 1. The van der Waals surface area contributed by atoms with Crippen molar-refractivity contribution < 1.29 is 4.79 Å². The van der Waals surface area contributed by atoms with Crippen LogP contribution in [0.4, 0.5) is 5.13 Å². The van der Waals surface area contributed by atoms with E-state index in [0.29, 0.717) is 0 Å². The molecule has 0 radical (unpaired) electrons. The van der Waals surface area contributed by atoms with Crippen molar-refractivity contribution in [2.24, 2.45) is 11.7 Å². The summed E-state index contributed by atoms with van der Waals surface area (Å²) in [5, 5.41) is 3.86. The second-order valence-corrected chi connectivity index (χ2v) is 5.79. The molecule has 0 aliphatic carbocycles. The van der Waals surface area contributed by atoms with E-state index >= 15 is 0 Å². The first-order valence-corrected chi connectivity index (χ1v) is 6.72. The van der Waals surface area contributed by atoms with Crippen molar-refractivity contribution >= 4 is 32.6 Å². The maximum atomic E-state index is 11.4. The highest BCUT2D eigenvalue weighted by atomic mass is 32.1. The number of nitrogens with zero attached hydrogens (tertiary/aromatic N) is 1. The summed E-state index contributed by atoms with van der Waals surface area (Å²) in [6, 6.07) is 5.72. The number of amides is 1. The van der Waals surface area contributed by atoms with Gasteiger partial charge in [0.15, 0.2) is 5.13 Å².